The maximum Gasteiger partial charge on any atom is 0.338 e. The third-order valence-corrected chi connectivity index (χ3v) is 4.93. The van der Waals surface area contributed by atoms with E-state index in [2.05, 4.69) is 0 Å². The van der Waals surface area contributed by atoms with Gasteiger partial charge in [-0.1, -0.05) is 20.8 Å². The van der Waals surface area contributed by atoms with Crippen LogP contribution in [-0.4, -0.2) is 38.4 Å². The quantitative estimate of drug-likeness (QED) is 0.725. The summed E-state index contributed by atoms with van der Waals surface area (Å²) in [5, 5.41) is 0. The van der Waals surface area contributed by atoms with Crippen LogP contribution in [0.1, 0.15) is 37.6 Å². The van der Waals surface area contributed by atoms with Crippen LogP contribution >= 0.6 is 0 Å². The summed E-state index contributed by atoms with van der Waals surface area (Å²) in [7, 11) is -3.48. The Bertz CT molecular complexity index is 533. The summed E-state index contributed by atoms with van der Waals surface area (Å²) in [6.45, 7) is 6.68. The number of hydrogen-bond donors (Lipinski definition) is 0. The minimum absolute atomic E-state index is 0.188. The van der Waals surface area contributed by atoms with E-state index in [0.717, 1.165) is 6.42 Å². The highest BCUT2D eigenvalue weighted by Crippen LogP contribution is 2.16. The topological polar surface area (TPSA) is 63.7 Å². The van der Waals surface area contributed by atoms with Gasteiger partial charge >= 0.3 is 5.97 Å². The summed E-state index contributed by atoms with van der Waals surface area (Å²) < 4.78 is 30.9. The molecule has 0 aromatic heterocycles. The maximum absolute atomic E-state index is 12.3. The van der Waals surface area contributed by atoms with Crippen molar-refractivity contribution < 1.29 is 17.9 Å². The molecular weight excluding hydrogens is 278 g/mol. The molecule has 20 heavy (non-hydrogen) atoms. The Balaban J connectivity index is 2.94. The molecule has 0 atom stereocenters. The number of carbonyl (C=O) groups is 1. The zero-order chi connectivity index (χ0) is 15.2. The SMILES string of the molecule is CCCOC(=O)c1ccc(S(=O)(=O)N(CC)CC)cc1. The van der Waals surface area contributed by atoms with Crippen molar-refractivity contribution in [3.63, 3.8) is 0 Å². The van der Waals surface area contributed by atoms with Crippen molar-refractivity contribution in [1.29, 1.82) is 0 Å². The van der Waals surface area contributed by atoms with Gasteiger partial charge in [0.05, 0.1) is 17.1 Å². The largest absolute Gasteiger partial charge is 0.462 e. The fourth-order valence-corrected chi connectivity index (χ4v) is 3.21. The van der Waals surface area contributed by atoms with Gasteiger partial charge in [-0.2, -0.15) is 4.31 Å². The van der Waals surface area contributed by atoms with Crippen molar-refractivity contribution >= 4 is 16.0 Å². The van der Waals surface area contributed by atoms with E-state index in [4.69, 9.17) is 4.74 Å². The smallest absolute Gasteiger partial charge is 0.338 e. The van der Waals surface area contributed by atoms with Gasteiger partial charge in [0.1, 0.15) is 0 Å². The van der Waals surface area contributed by atoms with Crippen LogP contribution in [0.3, 0.4) is 0 Å². The first kappa shape index (κ1) is 16.7. The molecule has 0 amide bonds. The number of esters is 1. The van der Waals surface area contributed by atoms with E-state index in [1.165, 1.54) is 28.6 Å². The first-order chi connectivity index (χ1) is 9.47. The highest BCUT2D eigenvalue weighted by Gasteiger charge is 2.21. The lowest BCUT2D eigenvalue weighted by molar-refractivity contribution is 0.0505. The maximum atomic E-state index is 12.3. The van der Waals surface area contributed by atoms with Gasteiger partial charge in [0.25, 0.3) is 0 Å². The van der Waals surface area contributed by atoms with Gasteiger partial charge < -0.3 is 4.74 Å². The minimum atomic E-state index is -3.48. The third kappa shape index (κ3) is 3.80. The first-order valence-electron chi connectivity index (χ1n) is 6.74. The number of rotatable bonds is 7. The van der Waals surface area contributed by atoms with Crippen molar-refractivity contribution in [3.05, 3.63) is 29.8 Å². The second-order valence-corrected chi connectivity index (χ2v) is 6.19. The number of ether oxygens (including phenoxy) is 1. The molecule has 6 heteroatoms. The van der Waals surface area contributed by atoms with Gasteiger partial charge in [-0.15, -0.1) is 0 Å². The van der Waals surface area contributed by atoms with E-state index in [1.54, 1.807) is 13.8 Å². The Kier molecular flexibility index (Phi) is 6.16. The molecule has 0 heterocycles. The Morgan fingerprint density at radius 2 is 1.65 bits per heavy atom. The number of nitrogens with zero attached hydrogens (tertiary/aromatic N) is 1. The van der Waals surface area contributed by atoms with E-state index >= 15 is 0 Å². The molecule has 1 aromatic carbocycles. The summed E-state index contributed by atoms with van der Waals surface area (Å²) >= 11 is 0. The molecule has 0 spiro atoms. The molecule has 0 bridgehead atoms. The minimum Gasteiger partial charge on any atom is -0.462 e. The predicted octanol–water partition coefficient (Wildman–Crippen LogP) is 2.28. The average Bonchev–Trinajstić information content (AvgIpc) is 2.46. The first-order valence-corrected chi connectivity index (χ1v) is 8.18. The van der Waals surface area contributed by atoms with Crippen LogP contribution in [0.2, 0.25) is 0 Å². The number of hydrogen-bond acceptors (Lipinski definition) is 4. The molecule has 1 aromatic rings. The van der Waals surface area contributed by atoms with Gasteiger partial charge in [-0.25, -0.2) is 13.2 Å². The molecule has 0 saturated heterocycles. The van der Waals surface area contributed by atoms with Crippen LogP contribution in [-0.2, 0) is 14.8 Å². The van der Waals surface area contributed by atoms with Gasteiger partial charge in [0.2, 0.25) is 10.0 Å². The van der Waals surface area contributed by atoms with Crippen LogP contribution in [0.15, 0.2) is 29.2 Å². The van der Waals surface area contributed by atoms with Crippen molar-refractivity contribution in [2.45, 2.75) is 32.1 Å². The van der Waals surface area contributed by atoms with Crippen molar-refractivity contribution in [2.75, 3.05) is 19.7 Å². The Morgan fingerprint density at radius 3 is 2.10 bits per heavy atom. The summed E-state index contributed by atoms with van der Waals surface area (Å²) in [6, 6.07) is 5.84. The molecule has 0 saturated carbocycles. The van der Waals surface area contributed by atoms with E-state index < -0.39 is 16.0 Å². The zero-order valence-electron chi connectivity index (χ0n) is 12.1. The molecule has 5 nitrogen and oxygen atoms in total. The number of sulfonamides is 1. The normalized spacial score (nSPS) is 11.6. The Hall–Kier alpha value is -1.40. The summed E-state index contributed by atoms with van der Waals surface area (Å²) in [6.07, 6.45) is 0.750. The van der Waals surface area contributed by atoms with Gasteiger partial charge in [-0.3, -0.25) is 0 Å². The van der Waals surface area contributed by atoms with Crippen molar-refractivity contribution in [2.24, 2.45) is 0 Å². The lowest BCUT2D eigenvalue weighted by Gasteiger charge is -2.18. The highest BCUT2D eigenvalue weighted by molar-refractivity contribution is 7.89. The molecular formula is C14H21NO4S. The fourth-order valence-electron chi connectivity index (χ4n) is 1.75. The lowest BCUT2D eigenvalue weighted by Crippen LogP contribution is -2.30. The van der Waals surface area contributed by atoms with E-state index in [1.807, 2.05) is 6.92 Å². The van der Waals surface area contributed by atoms with Crippen LogP contribution in [0.5, 0.6) is 0 Å². The molecule has 1 rings (SSSR count). The van der Waals surface area contributed by atoms with Crippen LogP contribution in [0.4, 0.5) is 0 Å². The molecule has 0 aliphatic carbocycles. The van der Waals surface area contributed by atoms with Crippen LogP contribution in [0, 0.1) is 0 Å². The summed E-state index contributed by atoms with van der Waals surface area (Å²) in [4.78, 5) is 11.8. The Labute approximate surface area is 120 Å². The highest BCUT2D eigenvalue weighted by atomic mass is 32.2. The van der Waals surface area contributed by atoms with Crippen LogP contribution in [0.25, 0.3) is 0 Å². The van der Waals surface area contributed by atoms with Gasteiger partial charge in [-0.05, 0) is 30.7 Å². The van der Waals surface area contributed by atoms with Gasteiger partial charge in [0, 0.05) is 13.1 Å². The number of benzene rings is 1. The molecule has 112 valence electrons. The third-order valence-electron chi connectivity index (χ3n) is 2.87. The predicted molar refractivity (Wildman–Crippen MR) is 77.1 cm³/mol. The standard InChI is InChI=1S/C14H21NO4S/c1-4-11-19-14(16)12-7-9-13(10-8-12)20(17,18)15(5-2)6-3/h7-10H,4-6,11H2,1-3H3. The molecule has 0 aliphatic heterocycles. The zero-order valence-corrected chi connectivity index (χ0v) is 12.9. The molecule has 0 N–H and O–H groups in total. The second kappa shape index (κ2) is 7.40. The van der Waals surface area contributed by atoms with E-state index in [9.17, 15) is 13.2 Å². The van der Waals surface area contributed by atoms with Crippen molar-refractivity contribution in [1.82, 2.24) is 4.31 Å². The number of carbonyl (C=O) groups excluding carboxylic acids is 1. The molecule has 0 aliphatic rings. The lowest BCUT2D eigenvalue weighted by atomic mass is 10.2. The summed E-state index contributed by atoms with van der Waals surface area (Å²) in [5.41, 5.74) is 0.358. The van der Waals surface area contributed by atoms with E-state index in [-0.39, 0.29) is 4.90 Å². The van der Waals surface area contributed by atoms with E-state index in [0.29, 0.717) is 25.3 Å². The molecule has 0 fully saturated rings. The second-order valence-electron chi connectivity index (χ2n) is 4.25. The van der Waals surface area contributed by atoms with Crippen molar-refractivity contribution in [3.8, 4) is 0 Å². The van der Waals surface area contributed by atoms with Crippen LogP contribution < -0.4 is 0 Å². The average molecular weight is 299 g/mol. The summed E-state index contributed by atoms with van der Waals surface area (Å²) in [5.74, 6) is -0.432. The molecule has 0 radical (unpaired) electrons. The van der Waals surface area contributed by atoms with Gasteiger partial charge in [0.15, 0.2) is 0 Å². The fraction of sp³-hybridized carbons (Fsp3) is 0.500. The molecule has 0 unspecified atom stereocenters. The Morgan fingerprint density at radius 1 is 1.10 bits per heavy atom. The monoisotopic (exact) mass is 299 g/mol.